The molecule has 5 heteroatoms. The number of furan rings is 1. The first-order valence-corrected chi connectivity index (χ1v) is 9.41. The number of hydrogen-bond donors (Lipinski definition) is 1. The van der Waals surface area contributed by atoms with Crippen molar-refractivity contribution in [1.82, 2.24) is 4.90 Å². The van der Waals surface area contributed by atoms with E-state index >= 15 is 0 Å². The first kappa shape index (κ1) is 17.5. The lowest BCUT2D eigenvalue weighted by Gasteiger charge is -2.23. The molecule has 0 bridgehead atoms. The lowest BCUT2D eigenvalue weighted by atomic mass is 10.1. The van der Waals surface area contributed by atoms with Gasteiger partial charge in [-0.25, -0.2) is 4.79 Å². The van der Waals surface area contributed by atoms with Crippen LogP contribution in [0.25, 0.3) is 11.0 Å². The summed E-state index contributed by atoms with van der Waals surface area (Å²) in [5.74, 6) is 1.36. The Balaban J connectivity index is 1.33. The van der Waals surface area contributed by atoms with Gasteiger partial charge in [0, 0.05) is 43.4 Å². The quantitative estimate of drug-likeness (QED) is 0.729. The van der Waals surface area contributed by atoms with Gasteiger partial charge in [0.2, 0.25) is 0 Å². The summed E-state index contributed by atoms with van der Waals surface area (Å²) in [6.07, 6.45) is 1.10. The van der Waals surface area contributed by atoms with Crippen LogP contribution in [0.1, 0.15) is 12.2 Å². The fourth-order valence-corrected chi connectivity index (χ4v) is 3.80. The van der Waals surface area contributed by atoms with Crippen molar-refractivity contribution in [3.05, 3.63) is 60.4 Å². The number of aryl methyl sites for hydroxylation is 1. The van der Waals surface area contributed by atoms with Crippen LogP contribution in [0.4, 0.5) is 16.2 Å². The summed E-state index contributed by atoms with van der Waals surface area (Å²) < 4.78 is 5.58. The molecule has 1 fully saturated rings. The van der Waals surface area contributed by atoms with Crippen molar-refractivity contribution in [2.75, 3.05) is 36.9 Å². The van der Waals surface area contributed by atoms with Crippen LogP contribution in [0.5, 0.6) is 0 Å². The molecule has 2 amide bonds. The van der Waals surface area contributed by atoms with E-state index in [-0.39, 0.29) is 6.03 Å². The lowest BCUT2D eigenvalue weighted by Crippen LogP contribution is -2.36. The molecule has 0 spiro atoms. The molecule has 0 saturated carbocycles. The summed E-state index contributed by atoms with van der Waals surface area (Å²) in [7, 11) is 1.86. The van der Waals surface area contributed by atoms with E-state index in [9.17, 15) is 4.79 Å². The van der Waals surface area contributed by atoms with Gasteiger partial charge in [-0.3, -0.25) is 0 Å². The first-order chi connectivity index (χ1) is 13.1. The summed E-state index contributed by atoms with van der Waals surface area (Å²) in [4.78, 5) is 16.7. The minimum absolute atomic E-state index is 0.0762. The van der Waals surface area contributed by atoms with Crippen LogP contribution in [0.15, 0.2) is 59.0 Å². The topological polar surface area (TPSA) is 48.7 Å². The van der Waals surface area contributed by atoms with Gasteiger partial charge < -0.3 is 19.5 Å². The smallest absolute Gasteiger partial charge is 0.321 e. The summed E-state index contributed by atoms with van der Waals surface area (Å²) >= 11 is 0. The number of anilines is 2. The number of para-hydroxylation sites is 1. The van der Waals surface area contributed by atoms with Gasteiger partial charge in [0.1, 0.15) is 11.3 Å². The summed E-state index contributed by atoms with van der Waals surface area (Å²) in [6, 6.07) is 18.1. The average Bonchev–Trinajstić information content (AvgIpc) is 3.27. The molecule has 2 heterocycles. The number of rotatable bonds is 4. The van der Waals surface area contributed by atoms with Crippen LogP contribution in [0.2, 0.25) is 0 Å². The van der Waals surface area contributed by atoms with E-state index in [4.69, 9.17) is 4.42 Å². The number of carbonyl (C=O) groups is 1. The summed E-state index contributed by atoms with van der Waals surface area (Å²) in [5, 5.41) is 3.99. The van der Waals surface area contributed by atoms with Crippen molar-refractivity contribution in [2.24, 2.45) is 5.92 Å². The zero-order chi connectivity index (χ0) is 18.8. The maximum atomic E-state index is 12.6. The SMILES string of the molecule is Cc1cc2cc(NC(=O)N(C)C[C@@H]3CCN(c4ccccc4)C3)ccc2o1. The van der Waals surface area contributed by atoms with Crippen LogP contribution in [0.3, 0.4) is 0 Å². The Morgan fingerprint density at radius 2 is 2.04 bits per heavy atom. The number of hydrogen-bond acceptors (Lipinski definition) is 3. The molecule has 0 radical (unpaired) electrons. The zero-order valence-electron chi connectivity index (χ0n) is 15.8. The Labute approximate surface area is 159 Å². The van der Waals surface area contributed by atoms with Crippen molar-refractivity contribution < 1.29 is 9.21 Å². The van der Waals surface area contributed by atoms with Gasteiger partial charge in [0.05, 0.1) is 0 Å². The molecule has 140 valence electrons. The van der Waals surface area contributed by atoms with E-state index in [0.29, 0.717) is 5.92 Å². The molecular formula is C22H25N3O2. The average molecular weight is 363 g/mol. The highest BCUT2D eigenvalue weighted by molar-refractivity contribution is 5.92. The zero-order valence-corrected chi connectivity index (χ0v) is 15.8. The van der Waals surface area contributed by atoms with Crippen molar-refractivity contribution >= 4 is 28.4 Å². The van der Waals surface area contributed by atoms with E-state index < -0.39 is 0 Å². The molecule has 1 atom stereocenters. The van der Waals surface area contributed by atoms with Gasteiger partial charge >= 0.3 is 6.03 Å². The third-order valence-corrected chi connectivity index (χ3v) is 5.18. The maximum Gasteiger partial charge on any atom is 0.321 e. The second-order valence-corrected chi connectivity index (χ2v) is 7.36. The standard InChI is InChI=1S/C22H25N3O2/c1-16-12-18-13-19(8-9-21(18)27-16)23-22(26)24(2)14-17-10-11-25(15-17)20-6-4-3-5-7-20/h3-9,12-13,17H,10-11,14-15H2,1-2H3,(H,23,26)/t17-/m0/s1. The largest absolute Gasteiger partial charge is 0.461 e. The molecule has 1 aromatic heterocycles. The number of nitrogens with zero attached hydrogens (tertiary/aromatic N) is 2. The number of carbonyl (C=O) groups excluding carboxylic acids is 1. The number of fused-ring (bicyclic) bond motifs is 1. The van der Waals surface area contributed by atoms with E-state index in [2.05, 4.69) is 34.5 Å². The van der Waals surface area contributed by atoms with Gasteiger partial charge in [0.25, 0.3) is 0 Å². The highest BCUT2D eigenvalue weighted by Crippen LogP contribution is 2.25. The third kappa shape index (κ3) is 3.92. The number of urea groups is 1. The highest BCUT2D eigenvalue weighted by Gasteiger charge is 2.25. The molecule has 2 aromatic carbocycles. The van der Waals surface area contributed by atoms with Crippen LogP contribution < -0.4 is 10.2 Å². The molecule has 1 aliphatic rings. The monoisotopic (exact) mass is 363 g/mol. The summed E-state index contributed by atoms with van der Waals surface area (Å²) in [6.45, 7) is 4.71. The lowest BCUT2D eigenvalue weighted by molar-refractivity contribution is 0.215. The minimum Gasteiger partial charge on any atom is -0.461 e. The van der Waals surface area contributed by atoms with Gasteiger partial charge in [-0.1, -0.05) is 18.2 Å². The van der Waals surface area contributed by atoms with Gasteiger partial charge in [-0.05, 0) is 55.7 Å². The molecule has 1 N–H and O–H groups in total. The predicted octanol–water partition coefficient (Wildman–Crippen LogP) is 4.73. The Kier molecular flexibility index (Phi) is 4.75. The molecule has 27 heavy (non-hydrogen) atoms. The Morgan fingerprint density at radius 3 is 2.85 bits per heavy atom. The molecule has 5 nitrogen and oxygen atoms in total. The number of nitrogens with one attached hydrogen (secondary N) is 1. The molecule has 0 unspecified atom stereocenters. The van der Waals surface area contributed by atoms with E-state index in [0.717, 1.165) is 48.5 Å². The molecule has 4 rings (SSSR count). The van der Waals surface area contributed by atoms with Crippen LogP contribution in [-0.2, 0) is 0 Å². The van der Waals surface area contributed by atoms with E-state index in [1.807, 2.05) is 44.3 Å². The van der Waals surface area contributed by atoms with E-state index in [1.165, 1.54) is 5.69 Å². The second-order valence-electron chi connectivity index (χ2n) is 7.36. The minimum atomic E-state index is -0.0762. The van der Waals surface area contributed by atoms with Crippen molar-refractivity contribution in [3.63, 3.8) is 0 Å². The highest BCUT2D eigenvalue weighted by atomic mass is 16.3. The normalized spacial score (nSPS) is 16.7. The fraction of sp³-hybridized carbons (Fsp3) is 0.318. The summed E-state index contributed by atoms with van der Waals surface area (Å²) in [5.41, 5.74) is 2.89. The van der Waals surface area contributed by atoms with Gasteiger partial charge in [0.15, 0.2) is 0 Å². The first-order valence-electron chi connectivity index (χ1n) is 9.41. The predicted molar refractivity (Wildman–Crippen MR) is 109 cm³/mol. The Hall–Kier alpha value is -2.95. The van der Waals surface area contributed by atoms with E-state index in [1.54, 1.807) is 4.90 Å². The molecule has 3 aromatic rings. The number of benzene rings is 2. The number of amides is 2. The molecule has 0 aliphatic carbocycles. The third-order valence-electron chi connectivity index (χ3n) is 5.18. The van der Waals surface area contributed by atoms with Gasteiger partial charge in [-0.15, -0.1) is 0 Å². The second kappa shape index (κ2) is 7.35. The van der Waals surface area contributed by atoms with Crippen LogP contribution in [-0.4, -0.2) is 37.6 Å². The maximum absolute atomic E-state index is 12.6. The van der Waals surface area contributed by atoms with Gasteiger partial charge in [-0.2, -0.15) is 0 Å². The van der Waals surface area contributed by atoms with Crippen molar-refractivity contribution in [1.29, 1.82) is 0 Å². The van der Waals surface area contributed by atoms with Crippen LogP contribution >= 0.6 is 0 Å². The van der Waals surface area contributed by atoms with Crippen molar-refractivity contribution in [3.8, 4) is 0 Å². The molecular weight excluding hydrogens is 338 g/mol. The fourth-order valence-electron chi connectivity index (χ4n) is 3.80. The Morgan fingerprint density at radius 1 is 1.22 bits per heavy atom. The van der Waals surface area contributed by atoms with Crippen LogP contribution in [0, 0.1) is 12.8 Å². The molecule has 1 saturated heterocycles. The Bertz CT molecular complexity index is 935. The van der Waals surface area contributed by atoms with Crippen molar-refractivity contribution in [2.45, 2.75) is 13.3 Å². The molecule has 1 aliphatic heterocycles.